The number of carboxylic acid groups (broad SMARTS) is 2. The Kier molecular flexibility index (Phi) is 7.56. The maximum Gasteiger partial charge on any atom is 0.338 e. The van der Waals surface area contributed by atoms with Crippen molar-refractivity contribution in [1.29, 1.82) is 0 Å². The highest BCUT2D eigenvalue weighted by molar-refractivity contribution is 6.08. The van der Waals surface area contributed by atoms with Crippen LogP contribution in [0.5, 0.6) is 0 Å². The third-order valence-electron chi connectivity index (χ3n) is 8.56. The van der Waals surface area contributed by atoms with Crippen molar-refractivity contribution >= 4 is 62.2 Å². The quantitative estimate of drug-likeness (QED) is 0.214. The molecular formula is C33H35N5O5. The molecule has 2 aliphatic rings. The van der Waals surface area contributed by atoms with Crippen molar-refractivity contribution in [3.8, 4) is 0 Å². The van der Waals surface area contributed by atoms with Crippen LogP contribution in [-0.4, -0.2) is 48.0 Å². The SMILES string of the molecule is CCC1=C(C)c2nc1cc1[nH]c(cc3nc(cc4[nH]c(c(CC)c4C)c2C(N)=O)C(C)=C3CCC(=O)O)c(C(=O)O)c1C. The number of aromatic amines is 2. The zero-order valence-electron chi connectivity index (χ0n) is 25.2. The summed E-state index contributed by atoms with van der Waals surface area (Å²) in [6.45, 7) is 11.5. The molecule has 3 aromatic heterocycles. The molecule has 6 N–H and O–H groups in total. The zero-order valence-corrected chi connectivity index (χ0v) is 25.2. The summed E-state index contributed by atoms with van der Waals surface area (Å²) in [6.07, 6.45) is 1.40. The first-order valence-electron chi connectivity index (χ1n) is 14.3. The molecule has 3 aromatic rings. The van der Waals surface area contributed by atoms with E-state index in [2.05, 4.69) is 9.97 Å². The molecule has 0 aliphatic carbocycles. The maximum absolute atomic E-state index is 13.1. The second-order valence-electron chi connectivity index (χ2n) is 11.0. The average Bonchev–Trinajstić information content (AvgIpc) is 3.60. The van der Waals surface area contributed by atoms with Gasteiger partial charge in [-0.1, -0.05) is 13.8 Å². The third kappa shape index (κ3) is 4.92. The molecule has 0 fully saturated rings. The number of nitrogens with two attached hydrogens (primary N) is 1. The zero-order chi connectivity index (χ0) is 31.3. The number of primary amides is 1. The summed E-state index contributed by atoms with van der Waals surface area (Å²) in [5.41, 5.74) is 16.6. The summed E-state index contributed by atoms with van der Waals surface area (Å²) < 4.78 is 0. The van der Waals surface area contributed by atoms with Crippen molar-refractivity contribution in [2.24, 2.45) is 5.73 Å². The van der Waals surface area contributed by atoms with Gasteiger partial charge >= 0.3 is 11.9 Å². The number of allylic oxidation sites excluding steroid dienone is 4. The van der Waals surface area contributed by atoms with Gasteiger partial charge in [0.2, 0.25) is 0 Å². The van der Waals surface area contributed by atoms with Crippen LogP contribution in [0, 0.1) is 13.8 Å². The number of amides is 1. The minimum Gasteiger partial charge on any atom is -0.481 e. The first-order chi connectivity index (χ1) is 20.4. The lowest BCUT2D eigenvalue weighted by molar-refractivity contribution is -0.136. The molecule has 0 atom stereocenters. The Balaban J connectivity index is 2.05. The molecular weight excluding hydrogens is 546 g/mol. The van der Waals surface area contributed by atoms with Gasteiger partial charge in [0.05, 0.1) is 44.9 Å². The van der Waals surface area contributed by atoms with E-state index in [4.69, 9.17) is 15.7 Å². The molecule has 0 radical (unpaired) electrons. The first kappa shape index (κ1) is 29.5. The molecule has 0 saturated heterocycles. The number of carbonyl (C=O) groups excluding carboxylic acids is 1. The van der Waals surface area contributed by atoms with Crippen LogP contribution >= 0.6 is 0 Å². The van der Waals surface area contributed by atoms with E-state index in [1.54, 1.807) is 19.1 Å². The van der Waals surface area contributed by atoms with E-state index < -0.39 is 17.8 Å². The second-order valence-corrected chi connectivity index (χ2v) is 11.0. The highest BCUT2D eigenvalue weighted by Crippen LogP contribution is 2.38. The predicted molar refractivity (Wildman–Crippen MR) is 167 cm³/mol. The largest absolute Gasteiger partial charge is 0.481 e. The van der Waals surface area contributed by atoms with E-state index in [9.17, 15) is 24.6 Å². The Hall–Kier alpha value is -4.99. The molecule has 5 heterocycles. The van der Waals surface area contributed by atoms with Gasteiger partial charge in [-0.15, -0.1) is 0 Å². The predicted octanol–water partition coefficient (Wildman–Crippen LogP) is 6.43. The molecule has 0 saturated carbocycles. The van der Waals surface area contributed by atoms with Gasteiger partial charge in [-0.05, 0) is 104 Å². The number of carbonyl (C=O) groups is 3. The first-order valence-corrected chi connectivity index (χ1v) is 14.3. The highest BCUT2D eigenvalue weighted by Gasteiger charge is 2.25. The molecule has 8 bridgehead atoms. The third-order valence-corrected chi connectivity index (χ3v) is 8.56. The molecule has 10 nitrogen and oxygen atoms in total. The van der Waals surface area contributed by atoms with Crippen LogP contribution in [0.15, 0.2) is 18.2 Å². The number of nitrogens with one attached hydrogen (secondary N) is 2. The number of aliphatic carboxylic acids is 1. The van der Waals surface area contributed by atoms with Crippen LogP contribution in [0.1, 0.15) is 107 Å². The smallest absolute Gasteiger partial charge is 0.338 e. The number of carboxylic acids is 2. The fourth-order valence-electron chi connectivity index (χ4n) is 6.24. The minimum absolute atomic E-state index is 0.0916. The molecule has 222 valence electrons. The Bertz CT molecular complexity index is 1970. The second kappa shape index (κ2) is 11.0. The van der Waals surface area contributed by atoms with Crippen LogP contribution in [0.3, 0.4) is 0 Å². The molecule has 10 heteroatoms. The topological polar surface area (TPSA) is 175 Å². The molecule has 1 amide bonds. The summed E-state index contributed by atoms with van der Waals surface area (Å²) in [5.74, 6) is -2.65. The van der Waals surface area contributed by atoms with E-state index >= 15 is 0 Å². The van der Waals surface area contributed by atoms with Crippen LogP contribution in [-0.2, 0) is 11.2 Å². The van der Waals surface area contributed by atoms with Gasteiger partial charge < -0.3 is 25.9 Å². The molecule has 2 aliphatic heterocycles. The fourth-order valence-corrected chi connectivity index (χ4v) is 6.24. The van der Waals surface area contributed by atoms with E-state index in [1.165, 1.54) is 0 Å². The monoisotopic (exact) mass is 581 g/mol. The number of fused-ring (bicyclic) bond motifs is 8. The van der Waals surface area contributed by atoms with E-state index in [0.717, 1.165) is 38.9 Å². The fraction of sp³-hybridized carbons (Fsp3) is 0.303. The lowest BCUT2D eigenvalue weighted by atomic mass is 9.99. The number of H-pyrrole nitrogens is 2. The molecule has 5 rings (SSSR count). The summed E-state index contributed by atoms with van der Waals surface area (Å²) in [7, 11) is 0. The van der Waals surface area contributed by atoms with Gasteiger partial charge in [0.15, 0.2) is 0 Å². The molecule has 43 heavy (non-hydrogen) atoms. The number of hydrogen-bond donors (Lipinski definition) is 5. The normalized spacial score (nSPS) is 13.2. The minimum atomic E-state index is -1.10. The Morgan fingerprint density at radius 3 is 2.00 bits per heavy atom. The Labute approximate surface area is 248 Å². The van der Waals surface area contributed by atoms with Gasteiger partial charge in [0.1, 0.15) is 0 Å². The summed E-state index contributed by atoms with van der Waals surface area (Å²) in [5, 5.41) is 19.6. The summed E-state index contributed by atoms with van der Waals surface area (Å²) in [6, 6.07) is 5.37. The van der Waals surface area contributed by atoms with E-state index in [-0.39, 0.29) is 24.0 Å². The van der Waals surface area contributed by atoms with Gasteiger partial charge in [-0.25, -0.2) is 14.8 Å². The van der Waals surface area contributed by atoms with Crippen LogP contribution in [0.2, 0.25) is 0 Å². The number of aromatic carboxylic acids is 1. The summed E-state index contributed by atoms with van der Waals surface area (Å²) in [4.78, 5) is 53.5. The van der Waals surface area contributed by atoms with Crippen molar-refractivity contribution < 1.29 is 24.6 Å². The van der Waals surface area contributed by atoms with Crippen LogP contribution < -0.4 is 5.73 Å². The van der Waals surface area contributed by atoms with Crippen molar-refractivity contribution in [2.75, 3.05) is 0 Å². The number of aryl methyl sites for hydroxylation is 3. The molecule has 0 unspecified atom stereocenters. The number of hydrogen-bond acceptors (Lipinski definition) is 5. The van der Waals surface area contributed by atoms with Crippen molar-refractivity contribution in [3.63, 3.8) is 0 Å². The van der Waals surface area contributed by atoms with Gasteiger partial charge in [-0.3, -0.25) is 9.59 Å². The van der Waals surface area contributed by atoms with Crippen LogP contribution in [0.25, 0.3) is 44.4 Å². The van der Waals surface area contributed by atoms with Crippen molar-refractivity contribution in [3.05, 3.63) is 68.8 Å². The van der Waals surface area contributed by atoms with Crippen LogP contribution in [0.4, 0.5) is 0 Å². The van der Waals surface area contributed by atoms with Gasteiger partial charge in [0, 0.05) is 17.5 Å². The maximum atomic E-state index is 13.1. The lowest BCUT2D eigenvalue weighted by Gasteiger charge is -2.04. The number of rotatable bonds is 7. The van der Waals surface area contributed by atoms with Gasteiger partial charge in [0.25, 0.3) is 5.91 Å². The van der Waals surface area contributed by atoms with Crippen molar-refractivity contribution in [2.45, 2.75) is 67.2 Å². The molecule has 0 spiro atoms. The highest BCUT2D eigenvalue weighted by atomic mass is 16.4. The summed E-state index contributed by atoms with van der Waals surface area (Å²) >= 11 is 0. The molecule has 0 aromatic carbocycles. The average molecular weight is 582 g/mol. The van der Waals surface area contributed by atoms with E-state index in [0.29, 0.717) is 57.7 Å². The standard InChI is InChI=1S/C33H35N5O5/c1-7-18-16(5)30-29(32(34)41)31-19(8-2)14(3)22(37-31)11-21-15(4)20(9-10-27(39)40)25(35-21)13-26-28(33(42)43)17(6)23(36-26)12-24(18)38-30/h11-13,36-37H,7-10H2,1-6H3,(H2,34,41)(H,39,40)(H,42,43). The number of aromatic nitrogens is 4. The number of nitrogens with zero attached hydrogens (tertiary/aromatic N) is 2. The van der Waals surface area contributed by atoms with Gasteiger partial charge in [-0.2, -0.15) is 0 Å². The lowest BCUT2D eigenvalue weighted by Crippen LogP contribution is -2.14. The Morgan fingerprint density at radius 2 is 1.40 bits per heavy atom. The Morgan fingerprint density at radius 1 is 0.767 bits per heavy atom. The van der Waals surface area contributed by atoms with Crippen molar-refractivity contribution in [1.82, 2.24) is 19.9 Å². The van der Waals surface area contributed by atoms with E-state index in [1.807, 2.05) is 40.7 Å².